The summed E-state index contributed by atoms with van der Waals surface area (Å²) in [5.74, 6) is 10.9. The third-order valence-corrected chi connectivity index (χ3v) is 2.39. The molecule has 1 aliphatic rings. The van der Waals surface area contributed by atoms with E-state index in [1.54, 1.807) is 0 Å². The van der Waals surface area contributed by atoms with Crippen molar-refractivity contribution in [1.29, 1.82) is 0 Å². The van der Waals surface area contributed by atoms with Crippen LogP contribution in [0.25, 0.3) is 0 Å². The Balaban J connectivity index is 2.65. The van der Waals surface area contributed by atoms with Gasteiger partial charge in [-0.2, -0.15) is 10.2 Å². The Bertz CT molecular complexity index is 284. The third kappa shape index (κ3) is 3.52. The van der Waals surface area contributed by atoms with Crippen LogP contribution in [0.3, 0.4) is 0 Å². The summed E-state index contributed by atoms with van der Waals surface area (Å²) < 4.78 is 0. The molecule has 0 atom stereocenters. The molecule has 0 aromatic rings. The highest BCUT2D eigenvalue weighted by Crippen LogP contribution is 2.08. The molecule has 0 amide bonds. The molecule has 0 aromatic carbocycles. The van der Waals surface area contributed by atoms with Crippen molar-refractivity contribution in [3.05, 3.63) is 11.8 Å². The summed E-state index contributed by atoms with van der Waals surface area (Å²) in [6, 6.07) is 0. The van der Waals surface area contributed by atoms with E-state index in [1.807, 2.05) is 11.1 Å². The normalized spacial score (nSPS) is 20.7. The fraction of sp³-hybridized carbons (Fsp3) is 0.556. The largest absolute Gasteiger partial charge is 0.322 e. The predicted molar refractivity (Wildman–Crippen MR) is 65.4 cm³/mol. The molecule has 7 heteroatoms. The van der Waals surface area contributed by atoms with Gasteiger partial charge >= 0.3 is 0 Å². The lowest BCUT2D eigenvalue weighted by Gasteiger charge is -2.18. The lowest BCUT2D eigenvalue weighted by atomic mass is 10.3. The van der Waals surface area contributed by atoms with Crippen LogP contribution in [0.15, 0.2) is 22.0 Å². The first-order chi connectivity index (χ1) is 7.81. The lowest BCUT2D eigenvalue weighted by Crippen LogP contribution is -2.31. The number of hydrazine groups is 1. The molecule has 0 aromatic heterocycles. The first-order valence-electron chi connectivity index (χ1n) is 5.19. The maximum Gasteiger partial charge on any atom is 0.139 e. The molecule has 0 unspecified atom stereocenters. The molecular weight excluding hydrogens is 206 g/mol. The van der Waals surface area contributed by atoms with Crippen LogP contribution in [0, 0.1) is 0 Å². The minimum absolute atomic E-state index is 0.528. The minimum atomic E-state index is 0.528. The zero-order valence-electron chi connectivity index (χ0n) is 9.32. The molecule has 1 fully saturated rings. The zero-order valence-corrected chi connectivity index (χ0v) is 9.32. The summed E-state index contributed by atoms with van der Waals surface area (Å²) in [5.41, 5.74) is 3.49. The highest BCUT2D eigenvalue weighted by atomic mass is 15.5. The molecular formula is C9H19N7. The Hall–Kier alpha value is -1.60. The van der Waals surface area contributed by atoms with Gasteiger partial charge in [-0.05, 0) is 13.0 Å². The van der Waals surface area contributed by atoms with E-state index in [0.717, 1.165) is 31.8 Å². The highest BCUT2D eigenvalue weighted by molar-refractivity contribution is 5.82. The van der Waals surface area contributed by atoms with E-state index < -0.39 is 0 Å². The minimum Gasteiger partial charge on any atom is -0.322 e. The van der Waals surface area contributed by atoms with E-state index in [2.05, 4.69) is 27.7 Å². The number of nitrogens with zero attached hydrogens (tertiary/aromatic N) is 3. The van der Waals surface area contributed by atoms with Crippen LogP contribution in [0.5, 0.6) is 0 Å². The standard InChI is InChI=1S/C9H19N7/c1-12-16-6-2-5-13-7-8(16)3-4-9(14-10)15-11/h3,13H,1-2,4-7,10-11H2,(H,14,15)/b8-3-. The van der Waals surface area contributed by atoms with Crippen LogP contribution >= 0.6 is 0 Å². The van der Waals surface area contributed by atoms with E-state index in [4.69, 9.17) is 11.7 Å². The Morgan fingerprint density at radius 2 is 2.50 bits per heavy atom. The summed E-state index contributed by atoms with van der Waals surface area (Å²) in [4.78, 5) is 0. The quantitative estimate of drug-likeness (QED) is 0.211. The van der Waals surface area contributed by atoms with Crippen molar-refractivity contribution in [2.75, 3.05) is 19.6 Å². The first kappa shape index (κ1) is 12.5. The highest BCUT2D eigenvalue weighted by Gasteiger charge is 2.11. The van der Waals surface area contributed by atoms with Gasteiger partial charge in [-0.25, -0.2) is 5.84 Å². The average Bonchev–Trinajstić information content (AvgIpc) is 2.55. The Morgan fingerprint density at radius 1 is 1.69 bits per heavy atom. The van der Waals surface area contributed by atoms with E-state index in [0.29, 0.717) is 12.3 Å². The molecule has 0 aliphatic carbocycles. The second-order valence-corrected chi connectivity index (χ2v) is 3.41. The number of hydrogen-bond acceptors (Lipinski definition) is 6. The fourth-order valence-corrected chi connectivity index (χ4v) is 1.51. The van der Waals surface area contributed by atoms with Crippen molar-refractivity contribution in [2.24, 2.45) is 21.9 Å². The van der Waals surface area contributed by atoms with Gasteiger partial charge < -0.3 is 16.6 Å². The first-order valence-corrected chi connectivity index (χ1v) is 5.19. The number of hydrazone groups is 2. The van der Waals surface area contributed by atoms with Crippen molar-refractivity contribution < 1.29 is 0 Å². The van der Waals surface area contributed by atoms with Gasteiger partial charge in [-0.1, -0.05) is 6.08 Å². The van der Waals surface area contributed by atoms with Crippen LogP contribution in [0.2, 0.25) is 0 Å². The zero-order chi connectivity index (χ0) is 11.8. The summed E-state index contributed by atoms with van der Waals surface area (Å²) in [5, 5.41) is 12.7. The average molecular weight is 225 g/mol. The Morgan fingerprint density at radius 3 is 3.12 bits per heavy atom. The second kappa shape index (κ2) is 6.81. The molecule has 0 spiro atoms. The maximum absolute atomic E-state index is 5.24. The molecule has 7 nitrogen and oxygen atoms in total. The molecule has 6 N–H and O–H groups in total. The number of rotatable bonds is 3. The number of amidine groups is 1. The van der Waals surface area contributed by atoms with Gasteiger partial charge in [0.1, 0.15) is 5.84 Å². The number of nitrogens with two attached hydrogens (primary N) is 2. The van der Waals surface area contributed by atoms with E-state index in [1.165, 1.54) is 0 Å². The second-order valence-electron chi connectivity index (χ2n) is 3.41. The van der Waals surface area contributed by atoms with Crippen molar-refractivity contribution in [1.82, 2.24) is 15.8 Å². The van der Waals surface area contributed by atoms with Crippen molar-refractivity contribution in [3.63, 3.8) is 0 Å². The summed E-state index contributed by atoms with van der Waals surface area (Å²) in [6.45, 7) is 6.17. The van der Waals surface area contributed by atoms with Gasteiger partial charge in [-0.3, -0.25) is 5.01 Å². The Kier molecular flexibility index (Phi) is 5.30. The van der Waals surface area contributed by atoms with Crippen LogP contribution in [-0.4, -0.2) is 37.2 Å². The van der Waals surface area contributed by atoms with Crippen LogP contribution in [-0.2, 0) is 0 Å². The van der Waals surface area contributed by atoms with Gasteiger partial charge in [0.25, 0.3) is 0 Å². The molecule has 1 heterocycles. The maximum atomic E-state index is 5.24. The molecule has 16 heavy (non-hydrogen) atoms. The van der Waals surface area contributed by atoms with Crippen LogP contribution in [0.4, 0.5) is 0 Å². The van der Waals surface area contributed by atoms with E-state index >= 15 is 0 Å². The SMILES string of the molecule is C=NN1CCCNC/C1=C/C/C(=N/N)NN. The molecule has 1 rings (SSSR count). The monoisotopic (exact) mass is 225 g/mol. The van der Waals surface area contributed by atoms with Crippen LogP contribution in [0.1, 0.15) is 12.8 Å². The van der Waals surface area contributed by atoms with Crippen LogP contribution < -0.4 is 22.4 Å². The smallest absolute Gasteiger partial charge is 0.139 e. The van der Waals surface area contributed by atoms with Gasteiger partial charge in [0.15, 0.2) is 0 Å². The van der Waals surface area contributed by atoms with Gasteiger partial charge in [-0.15, -0.1) is 0 Å². The predicted octanol–water partition coefficient (Wildman–Crippen LogP) is -1.09. The summed E-state index contributed by atoms with van der Waals surface area (Å²) in [7, 11) is 0. The molecule has 1 aliphatic heterocycles. The fourth-order valence-electron chi connectivity index (χ4n) is 1.51. The topological polar surface area (TPSA) is 104 Å². The molecule has 0 radical (unpaired) electrons. The number of hydrogen-bond donors (Lipinski definition) is 4. The van der Waals surface area contributed by atoms with E-state index in [9.17, 15) is 0 Å². The molecule has 0 bridgehead atoms. The van der Waals surface area contributed by atoms with Gasteiger partial charge in [0, 0.05) is 31.9 Å². The summed E-state index contributed by atoms with van der Waals surface area (Å²) in [6.07, 6.45) is 3.58. The van der Waals surface area contributed by atoms with Crippen molar-refractivity contribution in [2.45, 2.75) is 12.8 Å². The van der Waals surface area contributed by atoms with Gasteiger partial charge in [0.05, 0.1) is 0 Å². The summed E-state index contributed by atoms with van der Waals surface area (Å²) >= 11 is 0. The van der Waals surface area contributed by atoms with E-state index in [-0.39, 0.29) is 0 Å². The third-order valence-electron chi connectivity index (χ3n) is 2.39. The van der Waals surface area contributed by atoms with Crippen molar-refractivity contribution >= 4 is 12.6 Å². The van der Waals surface area contributed by atoms with Crippen molar-refractivity contribution in [3.8, 4) is 0 Å². The molecule has 90 valence electrons. The number of nitrogens with one attached hydrogen (secondary N) is 2. The lowest BCUT2D eigenvalue weighted by molar-refractivity contribution is 0.373. The molecule has 1 saturated heterocycles. The Labute approximate surface area is 95.2 Å². The van der Waals surface area contributed by atoms with Gasteiger partial charge in [0.2, 0.25) is 0 Å². The molecule has 0 saturated carbocycles.